The van der Waals surface area contributed by atoms with Gasteiger partial charge in [-0.3, -0.25) is 4.52 Å². The molecule has 0 spiro atoms. The summed E-state index contributed by atoms with van der Waals surface area (Å²) in [6.07, 6.45) is -4.23. The van der Waals surface area contributed by atoms with Crippen LogP contribution in [0.4, 0.5) is 0 Å². The molecule has 8 heteroatoms. The molecule has 0 aromatic rings. The molecular weight excluding hydrogens is 203 g/mol. The Bertz CT molecular complexity index is 187. The number of phosphoric acid groups is 1. The van der Waals surface area contributed by atoms with Crippen LogP contribution in [0.1, 0.15) is 6.92 Å². The monoisotopic (exact) mass is 216 g/mol. The van der Waals surface area contributed by atoms with Crippen LogP contribution >= 0.6 is 7.82 Å². The highest BCUT2D eigenvalue weighted by molar-refractivity contribution is 7.46. The van der Waals surface area contributed by atoms with Gasteiger partial charge in [-0.15, -0.1) is 0 Å². The minimum Gasteiger partial charge on any atom is -0.391 e. The Morgan fingerprint density at radius 1 is 1.31 bits per heavy atom. The van der Waals surface area contributed by atoms with Crippen LogP contribution in [0, 0.1) is 0 Å². The molecular formula is C5H13O7P. The topological polar surface area (TPSA) is 127 Å². The van der Waals surface area contributed by atoms with Crippen LogP contribution < -0.4 is 0 Å². The molecule has 5 N–H and O–H groups in total. The van der Waals surface area contributed by atoms with E-state index in [0.717, 1.165) is 0 Å². The van der Waals surface area contributed by atoms with Gasteiger partial charge in [-0.25, -0.2) is 4.57 Å². The Morgan fingerprint density at radius 3 is 2.08 bits per heavy atom. The van der Waals surface area contributed by atoms with E-state index in [4.69, 9.17) is 25.1 Å². The number of hydrogen-bond donors (Lipinski definition) is 5. The molecule has 0 heterocycles. The van der Waals surface area contributed by atoms with Gasteiger partial charge in [-0.05, 0) is 6.92 Å². The van der Waals surface area contributed by atoms with Crippen molar-refractivity contribution in [3.05, 3.63) is 0 Å². The number of hydrogen-bond acceptors (Lipinski definition) is 5. The first-order chi connectivity index (χ1) is 5.74. The van der Waals surface area contributed by atoms with Crippen molar-refractivity contribution in [2.24, 2.45) is 0 Å². The summed E-state index contributed by atoms with van der Waals surface area (Å²) in [5.74, 6) is 0. The first-order valence-electron chi connectivity index (χ1n) is 3.48. The fraction of sp³-hybridized carbons (Fsp3) is 1.00. The third-order valence-corrected chi connectivity index (χ3v) is 1.79. The highest BCUT2D eigenvalue weighted by atomic mass is 31.2. The van der Waals surface area contributed by atoms with Gasteiger partial charge in [0.1, 0.15) is 12.2 Å². The predicted molar refractivity (Wildman–Crippen MR) is 41.7 cm³/mol. The van der Waals surface area contributed by atoms with Gasteiger partial charge in [0.25, 0.3) is 0 Å². The van der Waals surface area contributed by atoms with Crippen molar-refractivity contribution in [2.75, 3.05) is 6.61 Å². The predicted octanol–water partition coefficient (Wildman–Crippen LogP) is -1.80. The van der Waals surface area contributed by atoms with E-state index in [1.54, 1.807) is 0 Å². The first-order valence-corrected chi connectivity index (χ1v) is 5.01. The summed E-state index contributed by atoms with van der Waals surface area (Å²) in [4.78, 5) is 16.4. The Balaban J connectivity index is 3.88. The summed E-state index contributed by atoms with van der Waals surface area (Å²) in [7, 11) is -4.64. The highest BCUT2D eigenvalue weighted by Crippen LogP contribution is 2.35. The molecule has 1 unspecified atom stereocenters. The summed E-state index contributed by atoms with van der Waals surface area (Å²) in [5.41, 5.74) is 0. The van der Waals surface area contributed by atoms with Gasteiger partial charge >= 0.3 is 7.82 Å². The number of aliphatic hydroxyl groups is 3. The van der Waals surface area contributed by atoms with Crippen LogP contribution in [0.5, 0.6) is 0 Å². The van der Waals surface area contributed by atoms with Gasteiger partial charge in [0, 0.05) is 0 Å². The summed E-state index contributed by atoms with van der Waals surface area (Å²) >= 11 is 0. The van der Waals surface area contributed by atoms with E-state index in [2.05, 4.69) is 4.52 Å². The number of rotatable bonds is 5. The molecule has 0 radical (unpaired) electrons. The van der Waals surface area contributed by atoms with Crippen molar-refractivity contribution in [3.8, 4) is 0 Å². The first kappa shape index (κ1) is 13.0. The van der Waals surface area contributed by atoms with Crippen LogP contribution in [-0.4, -0.2) is 50.0 Å². The minimum absolute atomic E-state index is 0.740. The van der Waals surface area contributed by atoms with Gasteiger partial charge in [0.05, 0.1) is 12.7 Å². The average Bonchev–Trinajstić information content (AvgIpc) is 1.97. The zero-order valence-corrected chi connectivity index (χ0v) is 7.83. The van der Waals surface area contributed by atoms with Crippen molar-refractivity contribution in [3.63, 3.8) is 0 Å². The summed E-state index contributed by atoms with van der Waals surface area (Å²) < 4.78 is 14.1. The second-order valence-corrected chi connectivity index (χ2v) is 3.82. The lowest BCUT2D eigenvalue weighted by atomic mass is 10.1. The third kappa shape index (κ3) is 6.11. The van der Waals surface area contributed by atoms with E-state index in [0.29, 0.717) is 0 Å². The van der Waals surface area contributed by atoms with Crippen molar-refractivity contribution < 1.29 is 34.2 Å². The van der Waals surface area contributed by atoms with Gasteiger partial charge in [0.2, 0.25) is 0 Å². The summed E-state index contributed by atoms with van der Waals surface area (Å²) in [5, 5.41) is 26.7. The summed E-state index contributed by atoms with van der Waals surface area (Å²) in [6.45, 7) is 0.488. The molecule has 0 aliphatic rings. The van der Waals surface area contributed by atoms with Gasteiger partial charge in [0.15, 0.2) is 0 Å². The summed E-state index contributed by atoms with van der Waals surface area (Å²) in [6, 6.07) is 0. The molecule has 0 fully saturated rings. The highest BCUT2D eigenvalue weighted by Gasteiger charge is 2.24. The van der Waals surface area contributed by atoms with Crippen molar-refractivity contribution in [1.82, 2.24) is 0 Å². The molecule has 13 heavy (non-hydrogen) atoms. The number of aliphatic hydroxyl groups excluding tert-OH is 3. The third-order valence-electron chi connectivity index (χ3n) is 1.30. The van der Waals surface area contributed by atoms with E-state index in [1.807, 2.05) is 0 Å². The van der Waals surface area contributed by atoms with E-state index in [9.17, 15) is 4.57 Å². The quantitative estimate of drug-likeness (QED) is 0.343. The zero-order chi connectivity index (χ0) is 10.6. The Kier molecular flexibility index (Phi) is 5.01. The van der Waals surface area contributed by atoms with Gasteiger partial charge in [-0.2, -0.15) is 0 Å². The maximum atomic E-state index is 10.1. The second-order valence-electron chi connectivity index (χ2n) is 2.58. The van der Waals surface area contributed by atoms with Crippen LogP contribution in [0.15, 0.2) is 0 Å². The Morgan fingerprint density at radius 2 is 1.77 bits per heavy atom. The molecule has 0 rings (SSSR count). The van der Waals surface area contributed by atoms with Crippen molar-refractivity contribution >= 4 is 7.82 Å². The molecule has 80 valence electrons. The molecule has 0 aliphatic carbocycles. The lowest BCUT2D eigenvalue weighted by Crippen LogP contribution is -2.38. The van der Waals surface area contributed by atoms with Crippen molar-refractivity contribution in [2.45, 2.75) is 25.2 Å². The van der Waals surface area contributed by atoms with E-state index in [-0.39, 0.29) is 0 Å². The Labute approximate surface area is 74.8 Å². The second kappa shape index (κ2) is 5.02. The van der Waals surface area contributed by atoms with Gasteiger partial charge in [-0.1, -0.05) is 0 Å². The fourth-order valence-electron chi connectivity index (χ4n) is 0.594. The zero-order valence-electron chi connectivity index (χ0n) is 6.94. The molecule has 7 nitrogen and oxygen atoms in total. The maximum absolute atomic E-state index is 10.1. The maximum Gasteiger partial charge on any atom is 0.469 e. The van der Waals surface area contributed by atoms with Crippen LogP contribution in [-0.2, 0) is 9.09 Å². The molecule has 0 aromatic carbocycles. The van der Waals surface area contributed by atoms with E-state index >= 15 is 0 Å². The smallest absolute Gasteiger partial charge is 0.391 e. The molecule has 0 saturated heterocycles. The average molecular weight is 216 g/mol. The molecule has 0 amide bonds. The molecule has 3 atom stereocenters. The minimum atomic E-state index is -4.64. The van der Waals surface area contributed by atoms with Crippen molar-refractivity contribution in [1.29, 1.82) is 0 Å². The van der Waals surface area contributed by atoms with E-state index in [1.165, 1.54) is 6.92 Å². The molecule has 0 aliphatic heterocycles. The largest absolute Gasteiger partial charge is 0.469 e. The SMILES string of the molecule is CC(O)[C@H](O)[C@H](O)COP(=O)(O)O. The lowest BCUT2D eigenvalue weighted by Gasteiger charge is -2.19. The molecule has 0 bridgehead atoms. The van der Waals surface area contributed by atoms with Crippen LogP contribution in [0.2, 0.25) is 0 Å². The van der Waals surface area contributed by atoms with Crippen LogP contribution in [0.3, 0.4) is 0 Å². The number of phosphoric ester groups is 1. The van der Waals surface area contributed by atoms with E-state index < -0.39 is 32.7 Å². The normalized spacial score (nSPS) is 19.5. The molecule has 0 aromatic heterocycles. The fourth-order valence-corrected chi connectivity index (χ4v) is 0.940. The van der Waals surface area contributed by atoms with Crippen LogP contribution in [0.25, 0.3) is 0 Å². The molecule has 0 saturated carbocycles. The Hall–Kier alpha value is -0.0100. The van der Waals surface area contributed by atoms with Gasteiger partial charge < -0.3 is 25.1 Å². The standard InChI is InChI=1S/C5H13O7P/c1-3(6)5(8)4(7)2-12-13(9,10)11/h3-8H,2H2,1H3,(H2,9,10,11)/t3?,4-,5+/m1/s1. The lowest BCUT2D eigenvalue weighted by molar-refractivity contribution is -0.0689.